The molecule has 1 aliphatic rings. The third-order valence-corrected chi connectivity index (χ3v) is 5.00. The molecule has 1 heterocycles. The summed E-state index contributed by atoms with van der Waals surface area (Å²) in [6.07, 6.45) is 0.417. The van der Waals surface area contributed by atoms with Gasteiger partial charge < -0.3 is 30.1 Å². The van der Waals surface area contributed by atoms with Crippen molar-refractivity contribution in [2.24, 2.45) is 0 Å². The summed E-state index contributed by atoms with van der Waals surface area (Å²) in [5.41, 5.74) is -0.191. The van der Waals surface area contributed by atoms with Crippen LogP contribution < -0.4 is 15.4 Å². The highest BCUT2D eigenvalue weighted by Gasteiger charge is 2.36. The average Bonchev–Trinajstić information content (AvgIpc) is 3.18. The Balaban J connectivity index is 1.99. The van der Waals surface area contributed by atoms with Crippen LogP contribution in [-0.2, 0) is 25.7 Å². The number of halogens is 1. The fourth-order valence-electron chi connectivity index (χ4n) is 3.36. The van der Waals surface area contributed by atoms with Crippen molar-refractivity contribution in [1.29, 1.82) is 0 Å². The molecular formula is C22H30ClN3O7. The van der Waals surface area contributed by atoms with Crippen LogP contribution in [0.25, 0.3) is 0 Å². The van der Waals surface area contributed by atoms with Gasteiger partial charge in [0.25, 0.3) is 0 Å². The summed E-state index contributed by atoms with van der Waals surface area (Å²) in [5, 5.41) is 14.5. The summed E-state index contributed by atoms with van der Waals surface area (Å²) >= 11 is 6.02. The number of amides is 3. The molecule has 0 aliphatic carbocycles. The number of carbonyl (C=O) groups excluding carboxylic acids is 3. The minimum absolute atomic E-state index is 0.0403. The topological polar surface area (TPSA) is 134 Å². The van der Waals surface area contributed by atoms with Gasteiger partial charge in [-0.3, -0.25) is 9.59 Å². The normalized spacial score (nSPS) is 16.6. The first-order chi connectivity index (χ1) is 15.4. The van der Waals surface area contributed by atoms with Crippen molar-refractivity contribution < 1.29 is 33.8 Å². The number of nitrogens with one attached hydrogen (secondary N) is 2. The van der Waals surface area contributed by atoms with Crippen molar-refractivity contribution in [3.05, 3.63) is 28.8 Å². The van der Waals surface area contributed by atoms with Gasteiger partial charge in [-0.05, 0) is 58.7 Å². The van der Waals surface area contributed by atoms with Gasteiger partial charge in [0.1, 0.15) is 23.4 Å². The Morgan fingerprint density at radius 2 is 1.97 bits per heavy atom. The Labute approximate surface area is 197 Å². The zero-order chi connectivity index (χ0) is 24.8. The lowest BCUT2D eigenvalue weighted by molar-refractivity contribution is -0.139. The molecule has 182 valence electrons. The lowest BCUT2D eigenvalue weighted by atomic mass is 10.1. The number of carbonyl (C=O) groups is 4. The van der Waals surface area contributed by atoms with Gasteiger partial charge in [-0.2, -0.15) is 0 Å². The highest BCUT2D eigenvalue weighted by atomic mass is 35.5. The number of carboxylic acids is 1. The lowest BCUT2D eigenvalue weighted by Gasteiger charge is -2.28. The van der Waals surface area contributed by atoms with E-state index in [-0.39, 0.29) is 24.1 Å². The van der Waals surface area contributed by atoms with Crippen LogP contribution >= 0.6 is 11.6 Å². The van der Waals surface area contributed by atoms with Crippen LogP contribution in [0.15, 0.2) is 18.2 Å². The number of benzene rings is 1. The van der Waals surface area contributed by atoms with Crippen molar-refractivity contribution in [1.82, 2.24) is 15.5 Å². The smallest absolute Gasteiger partial charge is 0.408 e. The van der Waals surface area contributed by atoms with Gasteiger partial charge in [0.05, 0.1) is 0 Å². The Kier molecular flexibility index (Phi) is 8.92. The zero-order valence-corrected chi connectivity index (χ0v) is 19.9. The fourth-order valence-corrected chi connectivity index (χ4v) is 3.56. The number of aliphatic carboxylic acids is 1. The molecule has 0 unspecified atom stereocenters. The number of hydrogen-bond donors (Lipinski definition) is 3. The molecule has 10 nitrogen and oxygen atoms in total. The second-order valence-electron chi connectivity index (χ2n) is 8.71. The third kappa shape index (κ3) is 8.12. The number of hydrogen-bond acceptors (Lipinski definition) is 6. The van der Waals surface area contributed by atoms with E-state index in [0.29, 0.717) is 30.0 Å². The van der Waals surface area contributed by atoms with Crippen molar-refractivity contribution in [2.75, 3.05) is 13.2 Å². The molecule has 1 aromatic rings. The molecule has 0 aromatic heterocycles. The number of carboxylic acid groups (broad SMARTS) is 1. The van der Waals surface area contributed by atoms with E-state index in [1.165, 1.54) is 17.9 Å². The van der Waals surface area contributed by atoms with Crippen molar-refractivity contribution in [3.8, 4) is 5.75 Å². The van der Waals surface area contributed by atoms with E-state index in [4.69, 9.17) is 26.2 Å². The Bertz CT molecular complexity index is 900. The molecule has 0 radical (unpaired) electrons. The van der Waals surface area contributed by atoms with Gasteiger partial charge in [0, 0.05) is 23.7 Å². The minimum atomic E-state index is -1.13. The Morgan fingerprint density at radius 1 is 1.27 bits per heavy atom. The number of alkyl carbamates (subject to hydrolysis) is 1. The minimum Gasteiger partial charge on any atom is -0.482 e. The SMILES string of the molecule is C[C@@H](NC(=O)OC(C)(C)C)C(=O)N1CCC[C@H]1C(=O)NCc1cc(Cl)ccc1OCC(=O)O. The van der Waals surface area contributed by atoms with Gasteiger partial charge in [0.2, 0.25) is 11.8 Å². The van der Waals surface area contributed by atoms with E-state index >= 15 is 0 Å². The summed E-state index contributed by atoms with van der Waals surface area (Å²) in [7, 11) is 0. The van der Waals surface area contributed by atoms with Crippen LogP contribution in [-0.4, -0.2) is 64.7 Å². The number of rotatable bonds is 8. The average molecular weight is 484 g/mol. The molecule has 2 rings (SSSR count). The van der Waals surface area contributed by atoms with E-state index in [9.17, 15) is 19.2 Å². The Hall–Kier alpha value is -3.01. The van der Waals surface area contributed by atoms with Crippen LogP contribution in [0.1, 0.15) is 46.1 Å². The fraction of sp³-hybridized carbons (Fsp3) is 0.545. The maximum Gasteiger partial charge on any atom is 0.408 e. The van der Waals surface area contributed by atoms with Gasteiger partial charge in [-0.15, -0.1) is 0 Å². The van der Waals surface area contributed by atoms with Crippen LogP contribution in [0.5, 0.6) is 5.75 Å². The second kappa shape index (κ2) is 11.2. The predicted molar refractivity (Wildman–Crippen MR) is 120 cm³/mol. The molecular weight excluding hydrogens is 454 g/mol. The van der Waals surface area contributed by atoms with E-state index in [1.807, 2.05) is 0 Å². The van der Waals surface area contributed by atoms with Crippen LogP contribution in [0.2, 0.25) is 5.02 Å². The molecule has 0 saturated carbocycles. The standard InChI is InChI=1S/C22H30ClN3O7/c1-13(25-21(31)33-22(2,3)4)20(30)26-9-5-6-16(26)19(29)24-11-14-10-15(23)7-8-17(14)32-12-18(27)28/h7-8,10,13,16H,5-6,9,11-12H2,1-4H3,(H,24,29)(H,25,31)(H,27,28)/t13-,16+/m1/s1. The molecule has 3 amide bonds. The van der Waals surface area contributed by atoms with Crippen molar-refractivity contribution in [2.45, 2.75) is 64.8 Å². The first-order valence-electron chi connectivity index (χ1n) is 10.6. The van der Waals surface area contributed by atoms with E-state index in [0.717, 1.165) is 0 Å². The molecule has 33 heavy (non-hydrogen) atoms. The molecule has 2 atom stereocenters. The van der Waals surface area contributed by atoms with Crippen LogP contribution in [0, 0.1) is 0 Å². The second-order valence-corrected chi connectivity index (χ2v) is 9.15. The highest BCUT2D eigenvalue weighted by molar-refractivity contribution is 6.30. The van der Waals surface area contributed by atoms with E-state index < -0.39 is 36.4 Å². The summed E-state index contributed by atoms with van der Waals surface area (Å²) in [4.78, 5) is 49.9. The largest absolute Gasteiger partial charge is 0.482 e. The van der Waals surface area contributed by atoms with Crippen LogP contribution in [0.4, 0.5) is 4.79 Å². The summed E-state index contributed by atoms with van der Waals surface area (Å²) in [6.45, 7) is 6.60. The first kappa shape index (κ1) is 26.2. The van der Waals surface area contributed by atoms with Crippen molar-refractivity contribution in [3.63, 3.8) is 0 Å². The highest BCUT2D eigenvalue weighted by Crippen LogP contribution is 2.24. The summed E-state index contributed by atoms with van der Waals surface area (Å²) in [6, 6.07) is 3.10. The molecule has 0 spiro atoms. The monoisotopic (exact) mass is 483 g/mol. The van der Waals surface area contributed by atoms with Gasteiger partial charge in [-0.25, -0.2) is 9.59 Å². The maximum atomic E-state index is 12.9. The van der Waals surface area contributed by atoms with Gasteiger partial charge in [-0.1, -0.05) is 11.6 Å². The third-order valence-electron chi connectivity index (χ3n) is 4.77. The number of ether oxygens (including phenoxy) is 2. The summed E-state index contributed by atoms with van der Waals surface area (Å²) in [5.74, 6) is -1.59. The lowest BCUT2D eigenvalue weighted by Crippen LogP contribution is -2.52. The number of likely N-dealkylation sites (tertiary alicyclic amines) is 1. The molecule has 11 heteroatoms. The van der Waals surface area contributed by atoms with E-state index in [2.05, 4.69) is 10.6 Å². The maximum absolute atomic E-state index is 12.9. The molecule has 3 N–H and O–H groups in total. The molecule has 1 saturated heterocycles. The van der Waals surface area contributed by atoms with E-state index in [1.54, 1.807) is 32.9 Å². The van der Waals surface area contributed by atoms with Gasteiger partial charge >= 0.3 is 12.1 Å². The predicted octanol–water partition coefficient (Wildman–Crippen LogP) is 2.32. The summed E-state index contributed by atoms with van der Waals surface area (Å²) < 4.78 is 10.4. The van der Waals surface area contributed by atoms with Gasteiger partial charge in [0.15, 0.2) is 6.61 Å². The first-order valence-corrected chi connectivity index (χ1v) is 11.0. The molecule has 0 bridgehead atoms. The zero-order valence-electron chi connectivity index (χ0n) is 19.1. The molecule has 1 fully saturated rings. The van der Waals surface area contributed by atoms with Crippen molar-refractivity contribution >= 4 is 35.5 Å². The van der Waals surface area contributed by atoms with Crippen LogP contribution in [0.3, 0.4) is 0 Å². The Morgan fingerprint density at radius 3 is 2.61 bits per heavy atom. The quantitative estimate of drug-likeness (QED) is 0.516. The number of nitrogens with zero attached hydrogens (tertiary/aromatic N) is 1. The molecule has 1 aromatic carbocycles. The molecule has 1 aliphatic heterocycles.